The topological polar surface area (TPSA) is 46.6 Å². The Bertz CT molecular complexity index is 333. The highest BCUT2D eigenvalue weighted by Gasteiger charge is 2.37. The highest BCUT2D eigenvalue weighted by molar-refractivity contribution is 6.03. The van der Waals surface area contributed by atoms with Gasteiger partial charge >= 0.3 is 5.97 Å². The number of esters is 1. The molecule has 1 aliphatic carbocycles. The fraction of sp³-hybridized carbons (Fsp3) is 0.875. The number of Topliss-reactive ketones (excluding diaryl/α,β-unsaturated/α-hetero) is 1. The van der Waals surface area contributed by atoms with Crippen molar-refractivity contribution < 1.29 is 14.3 Å². The number of ketones is 1. The van der Waals surface area contributed by atoms with Crippen LogP contribution < -0.4 is 0 Å². The Morgan fingerprint density at radius 3 is 2.35 bits per heavy atom. The first-order valence-corrected chi connectivity index (χ1v) is 7.77. The maximum absolute atomic E-state index is 12.3. The lowest BCUT2D eigenvalue weighted by molar-refractivity contribution is -0.158. The fourth-order valence-electron chi connectivity index (χ4n) is 2.74. The van der Waals surface area contributed by atoms with Gasteiger partial charge < -0.3 is 4.74 Å². The van der Waals surface area contributed by atoms with Crippen LogP contribution >= 0.6 is 0 Å². The number of carbonyl (C=O) groups is 2. The first-order chi connectivity index (χ1) is 9.37. The average molecular weight is 283 g/mol. The van der Waals surface area contributed by atoms with Gasteiger partial charge in [0.25, 0.3) is 0 Å². The number of likely N-dealkylation sites (N-methyl/N-ethyl adjacent to an activating group) is 1. The van der Waals surface area contributed by atoms with Gasteiger partial charge in [0, 0.05) is 6.54 Å². The van der Waals surface area contributed by atoms with Crippen LogP contribution in [0.15, 0.2) is 0 Å². The molecule has 0 heterocycles. The Morgan fingerprint density at radius 1 is 1.20 bits per heavy atom. The van der Waals surface area contributed by atoms with Crippen molar-refractivity contribution in [3.8, 4) is 0 Å². The molecule has 1 fully saturated rings. The van der Waals surface area contributed by atoms with Gasteiger partial charge in [0.15, 0.2) is 5.78 Å². The second-order valence-electron chi connectivity index (χ2n) is 6.47. The largest absolute Gasteiger partial charge is 0.465 e. The Morgan fingerprint density at radius 2 is 1.80 bits per heavy atom. The minimum Gasteiger partial charge on any atom is -0.465 e. The highest BCUT2D eigenvalue weighted by atomic mass is 16.5. The summed E-state index contributed by atoms with van der Waals surface area (Å²) in [6.45, 7) is 6.65. The number of ether oxygens (including phenoxy) is 1. The van der Waals surface area contributed by atoms with Gasteiger partial charge in [0.2, 0.25) is 0 Å². The summed E-state index contributed by atoms with van der Waals surface area (Å²) in [6, 6.07) is 0. The summed E-state index contributed by atoms with van der Waals surface area (Å²) in [5.41, 5.74) is -1.04. The smallest absolute Gasteiger partial charge is 0.319 e. The molecular formula is C16H29NO3. The molecule has 0 amide bonds. The summed E-state index contributed by atoms with van der Waals surface area (Å²) >= 11 is 0. The molecule has 4 nitrogen and oxygen atoms in total. The minimum absolute atomic E-state index is 0.0609. The Labute approximate surface area is 122 Å². The molecule has 0 aromatic carbocycles. The standard InChI is InChI=1S/C16H29NO3/c1-5-20-15(19)16(2,3)14(18)12-17(4)11-13-9-7-6-8-10-13/h13H,5-12H2,1-4H3. The number of rotatable bonds is 7. The number of nitrogens with zero attached hydrogens (tertiary/aromatic N) is 1. The molecule has 4 heteroatoms. The van der Waals surface area contributed by atoms with E-state index in [1.165, 1.54) is 32.1 Å². The van der Waals surface area contributed by atoms with Crippen molar-refractivity contribution in [2.45, 2.75) is 52.9 Å². The van der Waals surface area contributed by atoms with E-state index in [1.807, 2.05) is 7.05 Å². The lowest BCUT2D eigenvalue weighted by Gasteiger charge is -2.28. The summed E-state index contributed by atoms with van der Waals surface area (Å²) < 4.78 is 4.98. The van der Waals surface area contributed by atoms with Crippen LogP contribution in [0.25, 0.3) is 0 Å². The molecule has 0 aromatic rings. The molecular weight excluding hydrogens is 254 g/mol. The van der Waals surface area contributed by atoms with E-state index in [4.69, 9.17) is 4.74 Å². The van der Waals surface area contributed by atoms with E-state index >= 15 is 0 Å². The molecule has 1 aliphatic rings. The molecule has 0 radical (unpaired) electrons. The fourth-order valence-corrected chi connectivity index (χ4v) is 2.74. The van der Waals surface area contributed by atoms with E-state index in [2.05, 4.69) is 4.90 Å². The number of hydrogen-bond donors (Lipinski definition) is 0. The van der Waals surface area contributed by atoms with Crippen molar-refractivity contribution in [1.29, 1.82) is 0 Å². The summed E-state index contributed by atoms with van der Waals surface area (Å²) in [5, 5.41) is 0. The summed E-state index contributed by atoms with van der Waals surface area (Å²) in [6.07, 6.45) is 6.48. The summed E-state index contributed by atoms with van der Waals surface area (Å²) in [7, 11) is 1.97. The van der Waals surface area contributed by atoms with Crippen molar-refractivity contribution in [3.05, 3.63) is 0 Å². The Balaban J connectivity index is 2.45. The van der Waals surface area contributed by atoms with Crippen molar-refractivity contribution in [1.82, 2.24) is 4.90 Å². The lowest BCUT2D eigenvalue weighted by atomic mass is 9.86. The van der Waals surface area contributed by atoms with Gasteiger partial charge in [0.1, 0.15) is 5.41 Å². The lowest BCUT2D eigenvalue weighted by Crippen LogP contribution is -2.42. The van der Waals surface area contributed by atoms with Crippen LogP contribution in [0.2, 0.25) is 0 Å². The monoisotopic (exact) mass is 283 g/mol. The number of hydrogen-bond acceptors (Lipinski definition) is 4. The predicted octanol–water partition coefficient (Wildman–Crippen LogP) is 2.66. The second-order valence-corrected chi connectivity index (χ2v) is 6.47. The van der Waals surface area contributed by atoms with E-state index in [-0.39, 0.29) is 5.78 Å². The Kier molecular flexibility index (Phi) is 6.66. The van der Waals surface area contributed by atoms with Crippen LogP contribution in [0.1, 0.15) is 52.9 Å². The molecule has 0 spiro atoms. The molecule has 0 atom stereocenters. The van der Waals surface area contributed by atoms with Gasteiger partial charge in [-0.2, -0.15) is 0 Å². The van der Waals surface area contributed by atoms with E-state index in [0.717, 1.165) is 6.54 Å². The van der Waals surface area contributed by atoms with Crippen LogP contribution in [-0.2, 0) is 14.3 Å². The maximum atomic E-state index is 12.3. The quantitative estimate of drug-likeness (QED) is 0.532. The molecule has 0 unspecified atom stereocenters. The Hall–Kier alpha value is -0.900. The zero-order valence-corrected chi connectivity index (χ0v) is 13.4. The minimum atomic E-state index is -1.04. The first kappa shape index (κ1) is 17.2. The third-order valence-corrected chi connectivity index (χ3v) is 4.19. The van der Waals surface area contributed by atoms with E-state index in [0.29, 0.717) is 19.1 Å². The zero-order chi connectivity index (χ0) is 15.2. The molecule has 0 aromatic heterocycles. The third-order valence-electron chi connectivity index (χ3n) is 4.19. The molecule has 0 saturated heterocycles. The van der Waals surface area contributed by atoms with Gasteiger partial charge in [-0.25, -0.2) is 0 Å². The van der Waals surface area contributed by atoms with Gasteiger partial charge in [0.05, 0.1) is 13.2 Å². The van der Waals surface area contributed by atoms with Crippen LogP contribution in [0, 0.1) is 11.3 Å². The van der Waals surface area contributed by atoms with E-state index in [9.17, 15) is 9.59 Å². The van der Waals surface area contributed by atoms with Crippen LogP contribution in [-0.4, -0.2) is 43.4 Å². The summed E-state index contributed by atoms with van der Waals surface area (Å²) in [4.78, 5) is 26.2. The first-order valence-electron chi connectivity index (χ1n) is 7.77. The van der Waals surface area contributed by atoms with Gasteiger partial charge in [-0.3, -0.25) is 14.5 Å². The normalized spacial score (nSPS) is 17.2. The molecule has 0 bridgehead atoms. The van der Waals surface area contributed by atoms with Crippen LogP contribution in [0.5, 0.6) is 0 Å². The molecule has 0 aliphatic heterocycles. The summed E-state index contributed by atoms with van der Waals surface area (Å²) in [5.74, 6) is 0.220. The van der Waals surface area contributed by atoms with Crippen molar-refractivity contribution >= 4 is 11.8 Å². The predicted molar refractivity (Wildman–Crippen MR) is 79.5 cm³/mol. The van der Waals surface area contributed by atoms with E-state index < -0.39 is 11.4 Å². The van der Waals surface area contributed by atoms with Crippen molar-refractivity contribution in [2.24, 2.45) is 11.3 Å². The van der Waals surface area contributed by atoms with Gasteiger partial charge in [-0.05, 0) is 46.6 Å². The third kappa shape index (κ3) is 4.89. The van der Waals surface area contributed by atoms with Crippen molar-refractivity contribution in [3.63, 3.8) is 0 Å². The zero-order valence-electron chi connectivity index (χ0n) is 13.4. The number of carbonyl (C=O) groups excluding carboxylic acids is 2. The van der Waals surface area contributed by atoms with Crippen molar-refractivity contribution in [2.75, 3.05) is 26.7 Å². The molecule has 20 heavy (non-hydrogen) atoms. The maximum Gasteiger partial charge on any atom is 0.319 e. The average Bonchev–Trinajstić information content (AvgIpc) is 2.39. The SMILES string of the molecule is CCOC(=O)C(C)(C)C(=O)CN(C)CC1CCCCC1. The second kappa shape index (κ2) is 7.77. The van der Waals surface area contributed by atoms with E-state index in [1.54, 1.807) is 20.8 Å². The molecule has 1 saturated carbocycles. The molecule has 116 valence electrons. The van der Waals surface area contributed by atoms with Crippen LogP contribution in [0.4, 0.5) is 0 Å². The van der Waals surface area contributed by atoms with Crippen LogP contribution in [0.3, 0.4) is 0 Å². The molecule has 1 rings (SSSR count). The van der Waals surface area contributed by atoms with Gasteiger partial charge in [-0.15, -0.1) is 0 Å². The highest BCUT2D eigenvalue weighted by Crippen LogP contribution is 2.25. The molecule has 0 N–H and O–H groups in total. The van der Waals surface area contributed by atoms with Gasteiger partial charge in [-0.1, -0.05) is 19.3 Å².